The van der Waals surface area contributed by atoms with Crippen LogP contribution < -0.4 is 4.74 Å². The van der Waals surface area contributed by atoms with Gasteiger partial charge in [0.1, 0.15) is 11.6 Å². The highest BCUT2D eigenvalue weighted by Gasteiger charge is 2.29. The molecule has 1 amide bonds. The Kier molecular flexibility index (Phi) is 6.60. The number of para-hydroxylation sites is 1. The lowest BCUT2D eigenvalue weighted by Gasteiger charge is -2.25. The number of amides is 1. The van der Waals surface area contributed by atoms with Crippen LogP contribution in [0.15, 0.2) is 52.9 Å². The number of methoxy groups -OCH3 is 1. The van der Waals surface area contributed by atoms with E-state index >= 15 is 0 Å². The summed E-state index contributed by atoms with van der Waals surface area (Å²) in [5, 5.41) is 8.21. The SMILES string of the molecule is COc1ccccc1CCc1nnc(CCC(=O)N2CCC[C@@H]2c2ccc(F)cc2)o1. The molecule has 0 radical (unpaired) electrons. The average molecular weight is 423 g/mol. The number of halogens is 1. The molecule has 2 heterocycles. The first-order chi connectivity index (χ1) is 15.1. The van der Waals surface area contributed by atoms with Crippen molar-refractivity contribution in [2.45, 2.75) is 44.6 Å². The molecule has 162 valence electrons. The highest BCUT2D eigenvalue weighted by atomic mass is 19.1. The second-order valence-electron chi connectivity index (χ2n) is 7.70. The number of benzene rings is 2. The molecule has 6 nitrogen and oxygen atoms in total. The first kappa shape index (κ1) is 21.0. The summed E-state index contributed by atoms with van der Waals surface area (Å²) in [6.45, 7) is 0.717. The predicted octanol–water partition coefficient (Wildman–Crippen LogP) is 4.30. The van der Waals surface area contributed by atoms with E-state index in [1.54, 1.807) is 19.2 Å². The molecule has 7 heteroatoms. The molecule has 2 aromatic carbocycles. The monoisotopic (exact) mass is 423 g/mol. The third kappa shape index (κ3) is 5.10. The zero-order chi connectivity index (χ0) is 21.6. The number of carbonyl (C=O) groups is 1. The van der Waals surface area contributed by atoms with Gasteiger partial charge >= 0.3 is 0 Å². The predicted molar refractivity (Wildman–Crippen MR) is 113 cm³/mol. The summed E-state index contributed by atoms with van der Waals surface area (Å²) >= 11 is 0. The molecular formula is C24H26FN3O3. The van der Waals surface area contributed by atoms with Gasteiger partial charge in [0.2, 0.25) is 17.7 Å². The quantitative estimate of drug-likeness (QED) is 0.540. The van der Waals surface area contributed by atoms with E-state index in [1.807, 2.05) is 29.2 Å². The van der Waals surface area contributed by atoms with Crippen molar-refractivity contribution in [2.24, 2.45) is 0 Å². The van der Waals surface area contributed by atoms with E-state index in [0.29, 0.717) is 31.0 Å². The van der Waals surface area contributed by atoms with E-state index in [0.717, 1.165) is 42.7 Å². The van der Waals surface area contributed by atoms with Crippen LogP contribution in [0.25, 0.3) is 0 Å². The number of aromatic nitrogens is 2. The number of nitrogens with zero attached hydrogens (tertiary/aromatic N) is 3. The molecule has 0 aliphatic carbocycles. The minimum Gasteiger partial charge on any atom is -0.496 e. The lowest BCUT2D eigenvalue weighted by Crippen LogP contribution is -2.30. The lowest BCUT2D eigenvalue weighted by atomic mass is 10.0. The fourth-order valence-electron chi connectivity index (χ4n) is 4.10. The van der Waals surface area contributed by atoms with Crippen LogP contribution in [0.3, 0.4) is 0 Å². The molecule has 0 N–H and O–H groups in total. The van der Waals surface area contributed by atoms with Crippen molar-refractivity contribution in [3.63, 3.8) is 0 Å². The number of likely N-dealkylation sites (tertiary alicyclic amines) is 1. The van der Waals surface area contributed by atoms with Gasteiger partial charge in [-0.05, 0) is 48.6 Å². The van der Waals surface area contributed by atoms with Crippen LogP contribution >= 0.6 is 0 Å². The van der Waals surface area contributed by atoms with Crippen LogP contribution in [-0.2, 0) is 24.1 Å². The van der Waals surface area contributed by atoms with Crippen molar-refractivity contribution in [1.82, 2.24) is 15.1 Å². The van der Waals surface area contributed by atoms with Crippen LogP contribution in [0.2, 0.25) is 0 Å². The summed E-state index contributed by atoms with van der Waals surface area (Å²) in [5.41, 5.74) is 2.06. The maximum Gasteiger partial charge on any atom is 0.223 e. The normalized spacial score (nSPS) is 15.9. The largest absolute Gasteiger partial charge is 0.496 e. The van der Waals surface area contributed by atoms with Crippen molar-refractivity contribution in [3.05, 3.63) is 77.3 Å². The minimum absolute atomic E-state index is 0.00667. The maximum absolute atomic E-state index is 13.2. The number of hydrogen-bond acceptors (Lipinski definition) is 5. The molecule has 1 aliphatic rings. The van der Waals surface area contributed by atoms with Gasteiger partial charge in [-0.1, -0.05) is 30.3 Å². The van der Waals surface area contributed by atoms with Crippen molar-refractivity contribution < 1.29 is 18.3 Å². The second kappa shape index (κ2) is 9.73. The van der Waals surface area contributed by atoms with Gasteiger partial charge in [0, 0.05) is 25.8 Å². The molecule has 4 rings (SSSR count). The number of carbonyl (C=O) groups excluding carboxylic acids is 1. The molecular weight excluding hydrogens is 397 g/mol. The number of aryl methyl sites for hydroxylation is 3. The van der Waals surface area contributed by atoms with Gasteiger partial charge in [-0.2, -0.15) is 0 Å². The Labute approximate surface area is 181 Å². The summed E-state index contributed by atoms with van der Waals surface area (Å²) in [5.74, 6) is 1.66. The fraction of sp³-hybridized carbons (Fsp3) is 0.375. The Bertz CT molecular complexity index is 1020. The lowest BCUT2D eigenvalue weighted by molar-refractivity contribution is -0.132. The molecule has 1 atom stereocenters. The fourth-order valence-corrected chi connectivity index (χ4v) is 4.10. The average Bonchev–Trinajstić information content (AvgIpc) is 3.46. The minimum atomic E-state index is -0.266. The van der Waals surface area contributed by atoms with Crippen LogP contribution in [0.1, 0.15) is 48.2 Å². The molecule has 1 fully saturated rings. The standard InChI is InChI=1S/C24H26FN3O3/c1-30-21-7-3-2-5-18(21)10-13-22-26-27-23(31-22)14-15-24(29)28-16-4-6-20(28)17-8-11-19(25)12-9-17/h2-3,5,7-9,11-12,20H,4,6,10,13-16H2,1H3/t20-/m1/s1. The molecule has 0 unspecified atom stereocenters. The van der Waals surface area contributed by atoms with E-state index in [9.17, 15) is 9.18 Å². The summed E-state index contributed by atoms with van der Waals surface area (Å²) < 4.78 is 24.3. The van der Waals surface area contributed by atoms with E-state index in [4.69, 9.17) is 9.15 Å². The molecule has 0 saturated carbocycles. The zero-order valence-electron chi connectivity index (χ0n) is 17.6. The van der Waals surface area contributed by atoms with Gasteiger partial charge in [-0.3, -0.25) is 4.79 Å². The summed E-state index contributed by atoms with van der Waals surface area (Å²) in [6.07, 6.45) is 3.91. The molecule has 1 aromatic heterocycles. The van der Waals surface area contributed by atoms with Crippen LogP contribution in [0.5, 0.6) is 5.75 Å². The Morgan fingerprint density at radius 3 is 2.61 bits per heavy atom. The molecule has 3 aromatic rings. The van der Waals surface area contributed by atoms with Crippen molar-refractivity contribution in [2.75, 3.05) is 13.7 Å². The Morgan fingerprint density at radius 1 is 1.10 bits per heavy atom. The summed E-state index contributed by atoms with van der Waals surface area (Å²) in [4.78, 5) is 14.7. The van der Waals surface area contributed by atoms with Gasteiger partial charge in [0.05, 0.1) is 13.2 Å². The Balaban J connectivity index is 1.30. The molecule has 1 saturated heterocycles. The number of ether oxygens (including phenoxy) is 1. The van der Waals surface area contributed by atoms with Crippen LogP contribution in [0, 0.1) is 5.82 Å². The summed E-state index contributed by atoms with van der Waals surface area (Å²) in [7, 11) is 1.65. The van der Waals surface area contributed by atoms with E-state index in [-0.39, 0.29) is 17.8 Å². The Morgan fingerprint density at radius 2 is 1.84 bits per heavy atom. The van der Waals surface area contributed by atoms with E-state index in [1.165, 1.54) is 12.1 Å². The Hall–Kier alpha value is -3.22. The molecule has 0 spiro atoms. The smallest absolute Gasteiger partial charge is 0.223 e. The number of hydrogen-bond donors (Lipinski definition) is 0. The maximum atomic E-state index is 13.2. The molecule has 31 heavy (non-hydrogen) atoms. The second-order valence-corrected chi connectivity index (χ2v) is 7.70. The van der Waals surface area contributed by atoms with Crippen LogP contribution in [0.4, 0.5) is 4.39 Å². The van der Waals surface area contributed by atoms with Crippen LogP contribution in [-0.4, -0.2) is 34.7 Å². The molecule has 1 aliphatic heterocycles. The third-order valence-electron chi connectivity index (χ3n) is 5.69. The zero-order valence-corrected chi connectivity index (χ0v) is 17.6. The first-order valence-electron chi connectivity index (χ1n) is 10.6. The molecule has 0 bridgehead atoms. The first-order valence-corrected chi connectivity index (χ1v) is 10.6. The van der Waals surface area contributed by atoms with Gasteiger partial charge in [0.25, 0.3) is 0 Å². The third-order valence-corrected chi connectivity index (χ3v) is 5.69. The van der Waals surface area contributed by atoms with Gasteiger partial charge in [-0.15, -0.1) is 10.2 Å². The topological polar surface area (TPSA) is 68.5 Å². The van der Waals surface area contributed by atoms with Crippen molar-refractivity contribution in [1.29, 1.82) is 0 Å². The van der Waals surface area contributed by atoms with Gasteiger partial charge < -0.3 is 14.1 Å². The van der Waals surface area contributed by atoms with Gasteiger partial charge in [0.15, 0.2) is 0 Å². The van der Waals surface area contributed by atoms with Gasteiger partial charge in [-0.25, -0.2) is 4.39 Å². The van der Waals surface area contributed by atoms with E-state index in [2.05, 4.69) is 10.2 Å². The van der Waals surface area contributed by atoms with E-state index < -0.39 is 0 Å². The van der Waals surface area contributed by atoms with Crippen molar-refractivity contribution >= 4 is 5.91 Å². The highest BCUT2D eigenvalue weighted by Crippen LogP contribution is 2.32. The summed E-state index contributed by atoms with van der Waals surface area (Å²) in [6, 6.07) is 14.3. The highest BCUT2D eigenvalue weighted by molar-refractivity contribution is 5.77. The number of rotatable bonds is 8. The van der Waals surface area contributed by atoms with Crippen molar-refractivity contribution in [3.8, 4) is 5.75 Å².